The van der Waals surface area contributed by atoms with Crippen LogP contribution in [0.2, 0.25) is 5.02 Å². The molecule has 0 spiro atoms. The Kier molecular flexibility index (Phi) is 4.43. The van der Waals surface area contributed by atoms with Crippen LogP contribution in [0.5, 0.6) is 0 Å². The van der Waals surface area contributed by atoms with Crippen LogP contribution in [0.4, 0.5) is 5.69 Å². The molecule has 0 unspecified atom stereocenters. The SMILES string of the molecule is CCCCNC(=O)c1ccc(N)c(Cl)c1. The fourth-order valence-corrected chi connectivity index (χ4v) is 1.33. The molecule has 0 aromatic heterocycles. The van der Waals surface area contributed by atoms with Crippen LogP contribution in [-0.4, -0.2) is 12.5 Å². The number of rotatable bonds is 4. The van der Waals surface area contributed by atoms with Gasteiger partial charge in [0.05, 0.1) is 10.7 Å². The van der Waals surface area contributed by atoms with Crippen LogP contribution in [0.25, 0.3) is 0 Å². The first kappa shape index (κ1) is 11.9. The van der Waals surface area contributed by atoms with E-state index in [1.54, 1.807) is 18.2 Å². The van der Waals surface area contributed by atoms with Gasteiger partial charge in [-0.05, 0) is 24.6 Å². The number of benzene rings is 1. The molecule has 0 bridgehead atoms. The van der Waals surface area contributed by atoms with Gasteiger partial charge >= 0.3 is 0 Å². The number of nitrogens with two attached hydrogens (primary N) is 1. The van der Waals surface area contributed by atoms with Gasteiger partial charge in [-0.15, -0.1) is 0 Å². The molecule has 1 rings (SSSR count). The number of nitrogens with one attached hydrogen (secondary N) is 1. The van der Waals surface area contributed by atoms with Gasteiger partial charge in [-0.2, -0.15) is 0 Å². The molecule has 0 aliphatic rings. The van der Waals surface area contributed by atoms with Gasteiger partial charge in [-0.3, -0.25) is 4.79 Å². The van der Waals surface area contributed by atoms with Crippen LogP contribution in [0.3, 0.4) is 0 Å². The molecule has 0 aliphatic heterocycles. The van der Waals surface area contributed by atoms with Gasteiger partial charge < -0.3 is 11.1 Å². The summed E-state index contributed by atoms with van der Waals surface area (Å²) >= 11 is 5.81. The number of hydrogen-bond acceptors (Lipinski definition) is 2. The predicted octanol–water partition coefficient (Wildman–Crippen LogP) is 2.45. The molecule has 0 saturated carbocycles. The topological polar surface area (TPSA) is 55.1 Å². The third kappa shape index (κ3) is 3.44. The summed E-state index contributed by atoms with van der Waals surface area (Å²) in [4.78, 5) is 11.6. The van der Waals surface area contributed by atoms with E-state index in [0.717, 1.165) is 12.8 Å². The van der Waals surface area contributed by atoms with E-state index in [1.165, 1.54) is 0 Å². The number of nitrogen functional groups attached to an aromatic ring is 1. The van der Waals surface area contributed by atoms with Crippen LogP contribution < -0.4 is 11.1 Å². The Balaban J connectivity index is 2.62. The Bertz CT molecular complexity index is 352. The maximum absolute atomic E-state index is 11.6. The second-order valence-corrected chi connectivity index (χ2v) is 3.75. The van der Waals surface area contributed by atoms with Gasteiger partial charge in [0, 0.05) is 12.1 Å². The molecule has 0 fully saturated rings. The van der Waals surface area contributed by atoms with Crippen LogP contribution in [0.15, 0.2) is 18.2 Å². The zero-order valence-electron chi connectivity index (χ0n) is 8.72. The van der Waals surface area contributed by atoms with Gasteiger partial charge in [0.15, 0.2) is 0 Å². The number of carbonyl (C=O) groups excluding carboxylic acids is 1. The van der Waals surface area contributed by atoms with E-state index >= 15 is 0 Å². The number of halogens is 1. The lowest BCUT2D eigenvalue weighted by Crippen LogP contribution is -2.24. The Hall–Kier alpha value is -1.22. The van der Waals surface area contributed by atoms with E-state index in [0.29, 0.717) is 22.8 Å². The van der Waals surface area contributed by atoms with Gasteiger partial charge in [-0.25, -0.2) is 0 Å². The number of hydrogen-bond donors (Lipinski definition) is 2. The Morgan fingerprint density at radius 3 is 2.87 bits per heavy atom. The molecule has 1 aromatic carbocycles. The Morgan fingerprint density at radius 2 is 2.27 bits per heavy atom. The smallest absolute Gasteiger partial charge is 0.251 e. The molecule has 3 nitrogen and oxygen atoms in total. The highest BCUT2D eigenvalue weighted by atomic mass is 35.5. The van der Waals surface area contributed by atoms with Crippen LogP contribution in [-0.2, 0) is 0 Å². The van der Waals surface area contributed by atoms with Crippen molar-refractivity contribution in [2.45, 2.75) is 19.8 Å². The van der Waals surface area contributed by atoms with Gasteiger partial charge in [0.2, 0.25) is 0 Å². The largest absolute Gasteiger partial charge is 0.398 e. The van der Waals surface area contributed by atoms with Crippen molar-refractivity contribution < 1.29 is 4.79 Å². The average Bonchev–Trinajstić information content (AvgIpc) is 2.22. The lowest BCUT2D eigenvalue weighted by atomic mass is 10.2. The monoisotopic (exact) mass is 226 g/mol. The molecule has 0 heterocycles. The van der Waals surface area contributed by atoms with Crippen molar-refractivity contribution in [3.8, 4) is 0 Å². The summed E-state index contributed by atoms with van der Waals surface area (Å²) in [5.41, 5.74) is 6.58. The van der Waals surface area contributed by atoms with Crippen molar-refractivity contribution >= 4 is 23.2 Å². The first-order valence-corrected chi connectivity index (χ1v) is 5.36. The quantitative estimate of drug-likeness (QED) is 0.612. The summed E-state index contributed by atoms with van der Waals surface area (Å²) in [5, 5.41) is 3.22. The fourth-order valence-electron chi connectivity index (χ4n) is 1.15. The van der Waals surface area contributed by atoms with E-state index < -0.39 is 0 Å². The molecule has 0 aliphatic carbocycles. The highest BCUT2D eigenvalue weighted by molar-refractivity contribution is 6.33. The Labute approximate surface area is 94.6 Å². The molecule has 3 N–H and O–H groups in total. The molecule has 1 amide bonds. The third-order valence-electron chi connectivity index (χ3n) is 2.08. The van der Waals surface area contributed by atoms with Crippen molar-refractivity contribution in [2.24, 2.45) is 0 Å². The van der Waals surface area contributed by atoms with Gasteiger partial charge in [-0.1, -0.05) is 24.9 Å². The lowest BCUT2D eigenvalue weighted by molar-refractivity contribution is 0.0953. The van der Waals surface area contributed by atoms with Crippen molar-refractivity contribution in [3.63, 3.8) is 0 Å². The van der Waals surface area contributed by atoms with Crippen LogP contribution in [0, 0.1) is 0 Å². The summed E-state index contributed by atoms with van der Waals surface area (Å²) < 4.78 is 0. The maximum Gasteiger partial charge on any atom is 0.251 e. The zero-order valence-corrected chi connectivity index (χ0v) is 9.47. The minimum atomic E-state index is -0.106. The second kappa shape index (κ2) is 5.61. The van der Waals surface area contributed by atoms with Crippen molar-refractivity contribution in [3.05, 3.63) is 28.8 Å². The number of carbonyl (C=O) groups is 1. The zero-order chi connectivity index (χ0) is 11.3. The molecule has 4 heteroatoms. The van der Waals surface area contributed by atoms with Crippen molar-refractivity contribution in [1.82, 2.24) is 5.32 Å². The van der Waals surface area contributed by atoms with E-state index in [-0.39, 0.29) is 5.91 Å². The fraction of sp³-hybridized carbons (Fsp3) is 0.364. The molecule has 82 valence electrons. The molecular weight excluding hydrogens is 212 g/mol. The van der Waals surface area contributed by atoms with E-state index in [9.17, 15) is 4.79 Å². The second-order valence-electron chi connectivity index (χ2n) is 3.35. The number of unbranched alkanes of at least 4 members (excludes halogenated alkanes) is 1. The summed E-state index contributed by atoms with van der Waals surface area (Å²) in [6.45, 7) is 2.77. The molecule has 0 saturated heterocycles. The maximum atomic E-state index is 11.6. The minimum Gasteiger partial charge on any atom is -0.398 e. The summed E-state index contributed by atoms with van der Waals surface area (Å²) in [7, 11) is 0. The molecule has 0 atom stereocenters. The third-order valence-corrected chi connectivity index (χ3v) is 2.41. The van der Waals surface area contributed by atoms with Crippen molar-refractivity contribution in [2.75, 3.05) is 12.3 Å². The van der Waals surface area contributed by atoms with Gasteiger partial charge in [0.1, 0.15) is 0 Å². The highest BCUT2D eigenvalue weighted by Gasteiger charge is 2.06. The van der Waals surface area contributed by atoms with Crippen LogP contribution in [0.1, 0.15) is 30.1 Å². The Morgan fingerprint density at radius 1 is 1.53 bits per heavy atom. The van der Waals surface area contributed by atoms with E-state index in [1.807, 2.05) is 0 Å². The van der Waals surface area contributed by atoms with Gasteiger partial charge in [0.25, 0.3) is 5.91 Å². The van der Waals surface area contributed by atoms with E-state index in [2.05, 4.69) is 12.2 Å². The van der Waals surface area contributed by atoms with Crippen LogP contribution >= 0.6 is 11.6 Å². The standard InChI is InChI=1S/C11H15ClN2O/c1-2-3-6-14-11(15)8-4-5-10(13)9(12)7-8/h4-5,7H,2-3,6,13H2,1H3,(H,14,15). The lowest BCUT2D eigenvalue weighted by Gasteiger charge is -2.05. The van der Waals surface area contributed by atoms with Crippen molar-refractivity contribution in [1.29, 1.82) is 0 Å². The summed E-state index contributed by atoms with van der Waals surface area (Å²) in [5.74, 6) is -0.106. The molecule has 1 aromatic rings. The molecule has 0 radical (unpaired) electrons. The molecular formula is C11H15ClN2O. The highest BCUT2D eigenvalue weighted by Crippen LogP contribution is 2.19. The molecule has 15 heavy (non-hydrogen) atoms. The first-order chi connectivity index (χ1) is 7.15. The predicted molar refractivity (Wildman–Crippen MR) is 63.1 cm³/mol. The summed E-state index contributed by atoms with van der Waals surface area (Å²) in [6, 6.07) is 4.89. The van der Waals surface area contributed by atoms with E-state index in [4.69, 9.17) is 17.3 Å². The minimum absolute atomic E-state index is 0.106. The number of anilines is 1. The first-order valence-electron chi connectivity index (χ1n) is 4.98. The number of amides is 1. The average molecular weight is 227 g/mol. The normalized spacial score (nSPS) is 10.0. The summed E-state index contributed by atoms with van der Waals surface area (Å²) in [6.07, 6.45) is 2.04.